The van der Waals surface area contributed by atoms with Crippen molar-refractivity contribution in [1.82, 2.24) is 9.55 Å². The number of hydrogen-bond donors (Lipinski definition) is 1. The van der Waals surface area contributed by atoms with E-state index in [9.17, 15) is 18.4 Å². The summed E-state index contributed by atoms with van der Waals surface area (Å²) < 4.78 is 26.6. The van der Waals surface area contributed by atoms with Crippen LogP contribution in [0.4, 0.5) is 14.5 Å². The summed E-state index contributed by atoms with van der Waals surface area (Å²) >= 11 is 0.373. The fourth-order valence-electron chi connectivity index (χ4n) is 2.70. The lowest BCUT2D eigenvalue weighted by atomic mass is 10.1. The maximum Gasteiger partial charge on any atom is 0.288 e. The van der Waals surface area contributed by atoms with Gasteiger partial charge in [0.1, 0.15) is 0 Å². The van der Waals surface area contributed by atoms with Crippen LogP contribution in [0.15, 0.2) is 58.5 Å². The first-order chi connectivity index (χ1) is 13.0. The lowest BCUT2D eigenvalue weighted by Crippen LogP contribution is -2.24. The quantitative estimate of drug-likeness (QED) is 0.646. The molecule has 1 aromatic heterocycles. The zero-order chi connectivity index (χ0) is 19.4. The Morgan fingerprint density at radius 2 is 2.00 bits per heavy atom. The molecule has 0 spiro atoms. The van der Waals surface area contributed by atoms with Crippen LogP contribution in [0.25, 0.3) is 10.9 Å². The highest BCUT2D eigenvalue weighted by Gasteiger charge is 2.12. The molecule has 0 bridgehead atoms. The minimum atomic E-state index is -2.58. The molecular weight excluding hydrogens is 372 g/mol. The molecule has 1 heterocycles. The van der Waals surface area contributed by atoms with E-state index in [2.05, 4.69) is 10.3 Å². The van der Waals surface area contributed by atoms with E-state index in [0.29, 0.717) is 33.2 Å². The summed E-state index contributed by atoms with van der Waals surface area (Å²) in [5, 5.41) is 3.12. The highest BCUT2D eigenvalue weighted by Crippen LogP contribution is 2.31. The Morgan fingerprint density at radius 3 is 2.78 bits per heavy atom. The molecule has 3 rings (SSSR count). The van der Waals surface area contributed by atoms with Gasteiger partial charge in [-0.2, -0.15) is 8.78 Å². The van der Waals surface area contributed by atoms with Gasteiger partial charge in [-0.25, -0.2) is 4.98 Å². The van der Waals surface area contributed by atoms with E-state index in [0.717, 1.165) is 5.56 Å². The lowest BCUT2D eigenvalue weighted by molar-refractivity contribution is -0.116. The first-order valence-corrected chi connectivity index (χ1v) is 9.12. The number of nitrogens with zero attached hydrogens (tertiary/aromatic N) is 2. The van der Waals surface area contributed by atoms with Crippen molar-refractivity contribution in [2.24, 2.45) is 0 Å². The van der Waals surface area contributed by atoms with Crippen LogP contribution in [0.5, 0.6) is 0 Å². The standard InChI is InChI=1S/C19H17F2N3O2S/c1-12-5-4-6-13-17(12)22-11-24(18(13)26)10-9-16(25)23-14-7-2-3-8-15(14)27-19(20)21/h2-8,11,19H,9-10H2,1H3,(H,23,25). The number of aromatic nitrogens is 2. The maximum absolute atomic E-state index is 12.6. The summed E-state index contributed by atoms with van der Waals surface area (Å²) in [6, 6.07) is 11.7. The topological polar surface area (TPSA) is 64.0 Å². The van der Waals surface area contributed by atoms with Gasteiger partial charge in [0, 0.05) is 17.9 Å². The number of rotatable bonds is 6. The molecule has 0 aliphatic heterocycles. The average molecular weight is 389 g/mol. The number of carbonyl (C=O) groups is 1. The summed E-state index contributed by atoms with van der Waals surface area (Å²) in [7, 11) is 0. The fraction of sp³-hybridized carbons (Fsp3) is 0.211. The molecule has 2 aromatic carbocycles. The molecule has 8 heteroatoms. The van der Waals surface area contributed by atoms with Gasteiger partial charge in [0.05, 0.1) is 22.9 Å². The minimum Gasteiger partial charge on any atom is -0.325 e. The van der Waals surface area contributed by atoms with E-state index < -0.39 is 5.76 Å². The molecule has 0 radical (unpaired) electrons. The summed E-state index contributed by atoms with van der Waals surface area (Å²) in [4.78, 5) is 29.3. The van der Waals surface area contributed by atoms with Gasteiger partial charge in [-0.3, -0.25) is 14.2 Å². The Balaban J connectivity index is 1.71. The van der Waals surface area contributed by atoms with Crippen LogP contribution < -0.4 is 10.9 Å². The minimum absolute atomic E-state index is 0.0204. The number of anilines is 1. The van der Waals surface area contributed by atoms with Crippen molar-refractivity contribution >= 4 is 34.3 Å². The number of alkyl halides is 2. The first kappa shape index (κ1) is 19.0. The number of hydrogen-bond acceptors (Lipinski definition) is 4. The van der Waals surface area contributed by atoms with Gasteiger partial charge in [0.2, 0.25) is 5.91 Å². The number of fused-ring (bicyclic) bond motifs is 1. The summed E-state index contributed by atoms with van der Waals surface area (Å²) in [5.74, 6) is -2.94. The molecule has 1 amide bonds. The molecular formula is C19H17F2N3O2S. The van der Waals surface area contributed by atoms with Crippen molar-refractivity contribution in [3.05, 3.63) is 64.7 Å². The SMILES string of the molecule is Cc1cccc2c(=O)n(CCC(=O)Nc3ccccc3SC(F)F)cnc12. The predicted octanol–water partition coefficient (Wildman–Crippen LogP) is 4.05. The Hall–Kier alpha value is -2.74. The Kier molecular flexibility index (Phi) is 5.85. The van der Waals surface area contributed by atoms with E-state index in [1.165, 1.54) is 17.0 Å². The Bertz CT molecular complexity index is 1040. The Morgan fingerprint density at radius 1 is 1.22 bits per heavy atom. The number of halogens is 2. The third-order valence-corrected chi connectivity index (χ3v) is 4.80. The van der Waals surface area contributed by atoms with Crippen LogP contribution in [-0.4, -0.2) is 21.2 Å². The van der Waals surface area contributed by atoms with Crippen molar-refractivity contribution in [1.29, 1.82) is 0 Å². The molecule has 5 nitrogen and oxygen atoms in total. The van der Waals surface area contributed by atoms with Gasteiger partial charge in [0.15, 0.2) is 0 Å². The summed E-state index contributed by atoms with van der Waals surface area (Å²) in [6.45, 7) is 2.02. The van der Waals surface area contributed by atoms with Gasteiger partial charge in [-0.15, -0.1) is 0 Å². The first-order valence-electron chi connectivity index (χ1n) is 8.24. The second kappa shape index (κ2) is 8.30. The van der Waals surface area contributed by atoms with Gasteiger partial charge < -0.3 is 5.32 Å². The van der Waals surface area contributed by atoms with Gasteiger partial charge in [-0.05, 0) is 30.7 Å². The van der Waals surface area contributed by atoms with E-state index >= 15 is 0 Å². The Labute approximate surface area is 158 Å². The lowest BCUT2D eigenvalue weighted by Gasteiger charge is -2.11. The molecule has 1 N–H and O–H groups in total. The molecule has 140 valence electrons. The normalized spacial score (nSPS) is 11.1. The van der Waals surface area contributed by atoms with Crippen LogP contribution in [0, 0.1) is 6.92 Å². The number of benzene rings is 2. The van der Waals surface area contributed by atoms with E-state index in [1.807, 2.05) is 13.0 Å². The number of nitrogens with one attached hydrogen (secondary N) is 1. The molecule has 3 aromatic rings. The monoisotopic (exact) mass is 389 g/mol. The van der Waals surface area contributed by atoms with Crippen LogP contribution >= 0.6 is 11.8 Å². The van der Waals surface area contributed by atoms with E-state index in [1.54, 1.807) is 30.3 Å². The molecule has 0 atom stereocenters. The van der Waals surface area contributed by atoms with Gasteiger partial charge in [0.25, 0.3) is 11.3 Å². The number of thioether (sulfide) groups is 1. The number of para-hydroxylation sites is 2. The number of amides is 1. The second-order valence-electron chi connectivity index (χ2n) is 5.89. The highest BCUT2D eigenvalue weighted by atomic mass is 32.2. The van der Waals surface area contributed by atoms with Crippen molar-refractivity contribution in [2.45, 2.75) is 30.5 Å². The molecule has 0 fully saturated rings. The highest BCUT2D eigenvalue weighted by molar-refractivity contribution is 7.99. The second-order valence-corrected chi connectivity index (χ2v) is 6.92. The third-order valence-electron chi connectivity index (χ3n) is 4.01. The summed E-state index contributed by atoms with van der Waals surface area (Å²) in [5.41, 5.74) is 1.65. The van der Waals surface area contributed by atoms with Crippen LogP contribution in [0.2, 0.25) is 0 Å². The van der Waals surface area contributed by atoms with Crippen molar-refractivity contribution in [2.75, 3.05) is 5.32 Å². The van der Waals surface area contributed by atoms with Gasteiger partial charge >= 0.3 is 0 Å². The van der Waals surface area contributed by atoms with Gasteiger partial charge in [-0.1, -0.05) is 36.0 Å². The number of carbonyl (C=O) groups excluding carboxylic acids is 1. The molecule has 0 saturated carbocycles. The average Bonchev–Trinajstić information content (AvgIpc) is 2.63. The largest absolute Gasteiger partial charge is 0.325 e. The molecule has 0 unspecified atom stereocenters. The maximum atomic E-state index is 12.6. The van der Waals surface area contributed by atoms with Crippen LogP contribution in [0.3, 0.4) is 0 Å². The third kappa shape index (κ3) is 4.51. The fourth-order valence-corrected chi connectivity index (χ4v) is 3.30. The zero-order valence-electron chi connectivity index (χ0n) is 14.5. The van der Waals surface area contributed by atoms with Crippen molar-refractivity contribution in [3.8, 4) is 0 Å². The predicted molar refractivity (Wildman–Crippen MR) is 102 cm³/mol. The number of aryl methyl sites for hydroxylation is 2. The molecule has 27 heavy (non-hydrogen) atoms. The van der Waals surface area contributed by atoms with Crippen LogP contribution in [0.1, 0.15) is 12.0 Å². The zero-order valence-corrected chi connectivity index (χ0v) is 15.3. The van der Waals surface area contributed by atoms with E-state index in [-0.39, 0.29) is 24.4 Å². The smallest absolute Gasteiger partial charge is 0.288 e. The van der Waals surface area contributed by atoms with E-state index in [4.69, 9.17) is 0 Å². The molecule has 0 saturated heterocycles. The summed E-state index contributed by atoms with van der Waals surface area (Å²) in [6.07, 6.45) is 1.44. The molecule has 0 aliphatic carbocycles. The molecule has 0 aliphatic rings. The van der Waals surface area contributed by atoms with Crippen molar-refractivity contribution in [3.63, 3.8) is 0 Å². The van der Waals surface area contributed by atoms with Crippen LogP contribution in [-0.2, 0) is 11.3 Å². The van der Waals surface area contributed by atoms with Crippen molar-refractivity contribution < 1.29 is 13.6 Å².